The second kappa shape index (κ2) is 6.23. The van der Waals surface area contributed by atoms with E-state index in [4.69, 9.17) is 16.7 Å². The number of carbonyl (C=O) groups is 1. The molecule has 0 saturated carbocycles. The maximum absolute atomic E-state index is 10.5. The first-order chi connectivity index (χ1) is 7.54. The molecule has 0 aromatic carbocycles. The molecule has 1 atom stereocenters. The third kappa shape index (κ3) is 3.77. The van der Waals surface area contributed by atoms with Crippen LogP contribution in [0, 0.1) is 0 Å². The van der Waals surface area contributed by atoms with E-state index in [-0.39, 0.29) is 12.5 Å². The minimum Gasteiger partial charge on any atom is -0.481 e. The molecule has 1 aromatic heterocycles. The number of halogens is 1. The van der Waals surface area contributed by atoms with Gasteiger partial charge < -0.3 is 5.11 Å². The highest BCUT2D eigenvalue weighted by molar-refractivity contribution is 7.16. The summed E-state index contributed by atoms with van der Waals surface area (Å²) in [7, 11) is 0. The zero-order chi connectivity index (χ0) is 12.1. The smallest absolute Gasteiger partial charge is 0.304 e. The molecule has 1 aromatic rings. The molecule has 90 valence electrons. The topological polar surface area (TPSA) is 40.5 Å². The zero-order valence-electron chi connectivity index (χ0n) is 9.44. The van der Waals surface area contributed by atoms with Crippen molar-refractivity contribution in [2.45, 2.75) is 26.3 Å². The lowest BCUT2D eigenvalue weighted by Crippen LogP contribution is -2.28. The number of rotatable bonds is 6. The monoisotopic (exact) mass is 261 g/mol. The van der Waals surface area contributed by atoms with Gasteiger partial charge in [0.05, 0.1) is 10.8 Å². The molecule has 0 bridgehead atoms. The van der Waals surface area contributed by atoms with Gasteiger partial charge >= 0.3 is 5.97 Å². The number of hydrogen-bond acceptors (Lipinski definition) is 3. The molecule has 1 N–H and O–H groups in total. The van der Waals surface area contributed by atoms with Crippen molar-refractivity contribution in [1.29, 1.82) is 0 Å². The van der Waals surface area contributed by atoms with Crippen LogP contribution in [0.1, 0.15) is 31.2 Å². The molecule has 0 aliphatic rings. The fraction of sp³-hybridized carbons (Fsp3) is 0.545. The first kappa shape index (κ1) is 13.5. The van der Waals surface area contributed by atoms with Gasteiger partial charge in [-0.3, -0.25) is 9.69 Å². The molecule has 0 aliphatic carbocycles. The summed E-state index contributed by atoms with van der Waals surface area (Å²) in [5.74, 6) is -0.755. The largest absolute Gasteiger partial charge is 0.481 e. The van der Waals surface area contributed by atoms with Gasteiger partial charge in [-0.25, -0.2) is 0 Å². The normalized spacial score (nSPS) is 13.0. The highest BCUT2D eigenvalue weighted by Crippen LogP contribution is 2.30. The highest BCUT2D eigenvalue weighted by atomic mass is 35.5. The number of carboxylic acids is 1. The van der Waals surface area contributed by atoms with Crippen LogP contribution in [-0.2, 0) is 4.79 Å². The molecule has 0 amide bonds. The maximum Gasteiger partial charge on any atom is 0.304 e. The predicted octanol–water partition coefficient (Wildman–Crippen LogP) is 3.26. The summed E-state index contributed by atoms with van der Waals surface area (Å²) in [6.07, 6.45) is 0.178. The molecule has 0 spiro atoms. The molecule has 0 radical (unpaired) electrons. The van der Waals surface area contributed by atoms with Crippen LogP contribution in [0.3, 0.4) is 0 Å². The van der Waals surface area contributed by atoms with E-state index in [1.54, 1.807) is 11.3 Å². The first-order valence-electron chi connectivity index (χ1n) is 5.25. The molecule has 5 heteroatoms. The van der Waals surface area contributed by atoms with Crippen molar-refractivity contribution in [3.05, 3.63) is 21.3 Å². The predicted molar refractivity (Wildman–Crippen MR) is 67.2 cm³/mol. The van der Waals surface area contributed by atoms with Gasteiger partial charge in [0.15, 0.2) is 0 Å². The number of aliphatic carboxylic acids is 1. The van der Waals surface area contributed by atoms with Crippen molar-refractivity contribution in [2.75, 3.05) is 13.1 Å². The minimum absolute atomic E-state index is 0.178. The average Bonchev–Trinajstić information content (AvgIpc) is 2.65. The Bertz CT molecular complexity index is 354. The lowest BCUT2D eigenvalue weighted by Gasteiger charge is -2.26. The van der Waals surface area contributed by atoms with Crippen LogP contribution < -0.4 is 0 Å². The van der Waals surface area contributed by atoms with Crippen LogP contribution in [0.4, 0.5) is 0 Å². The lowest BCUT2D eigenvalue weighted by molar-refractivity contribution is -0.137. The van der Waals surface area contributed by atoms with Gasteiger partial charge in [0.1, 0.15) is 0 Å². The van der Waals surface area contributed by atoms with Crippen LogP contribution in [0.15, 0.2) is 12.1 Å². The molecular formula is C11H16ClNO2S. The second-order valence-corrected chi connectivity index (χ2v) is 5.34. The third-order valence-electron chi connectivity index (χ3n) is 2.57. The van der Waals surface area contributed by atoms with Crippen molar-refractivity contribution >= 4 is 28.9 Å². The Morgan fingerprint density at radius 1 is 1.62 bits per heavy atom. The fourth-order valence-electron chi connectivity index (χ4n) is 1.60. The van der Waals surface area contributed by atoms with Crippen molar-refractivity contribution in [1.82, 2.24) is 4.90 Å². The van der Waals surface area contributed by atoms with E-state index in [1.165, 1.54) is 4.88 Å². The minimum atomic E-state index is -0.755. The molecule has 3 nitrogen and oxygen atoms in total. The van der Waals surface area contributed by atoms with Crippen LogP contribution >= 0.6 is 22.9 Å². The van der Waals surface area contributed by atoms with Gasteiger partial charge in [-0.1, -0.05) is 18.5 Å². The van der Waals surface area contributed by atoms with Gasteiger partial charge in [0, 0.05) is 17.5 Å². The van der Waals surface area contributed by atoms with Crippen molar-refractivity contribution in [2.24, 2.45) is 0 Å². The molecule has 0 saturated heterocycles. The Labute approximate surface area is 105 Å². The van der Waals surface area contributed by atoms with Crippen LogP contribution in [0.25, 0.3) is 0 Å². The fourth-order valence-corrected chi connectivity index (χ4v) is 2.74. The van der Waals surface area contributed by atoms with E-state index in [0.717, 1.165) is 10.9 Å². The summed E-state index contributed by atoms with van der Waals surface area (Å²) in [4.78, 5) is 13.9. The van der Waals surface area contributed by atoms with E-state index >= 15 is 0 Å². The molecular weight excluding hydrogens is 246 g/mol. The Balaban J connectivity index is 2.61. The van der Waals surface area contributed by atoms with E-state index in [1.807, 2.05) is 19.1 Å². The lowest BCUT2D eigenvalue weighted by atomic mass is 10.2. The molecule has 1 heterocycles. The molecule has 0 aliphatic heterocycles. The number of hydrogen-bond donors (Lipinski definition) is 1. The summed E-state index contributed by atoms with van der Waals surface area (Å²) >= 11 is 7.44. The van der Waals surface area contributed by atoms with Crippen LogP contribution in [0.2, 0.25) is 4.34 Å². The molecule has 1 rings (SSSR count). The number of carboxylic acid groups (broad SMARTS) is 1. The summed E-state index contributed by atoms with van der Waals surface area (Å²) in [5, 5.41) is 8.67. The Morgan fingerprint density at radius 3 is 2.75 bits per heavy atom. The quantitative estimate of drug-likeness (QED) is 0.855. The van der Waals surface area contributed by atoms with Crippen molar-refractivity contribution in [3.8, 4) is 0 Å². The highest BCUT2D eigenvalue weighted by Gasteiger charge is 2.16. The number of thiophene rings is 1. The third-order valence-corrected chi connectivity index (χ3v) is 3.97. The van der Waals surface area contributed by atoms with E-state index in [9.17, 15) is 4.79 Å². The summed E-state index contributed by atoms with van der Waals surface area (Å²) < 4.78 is 0.774. The van der Waals surface area contributed by atoms with E-state index in [2.05, 4.69) is 11.8 Å². The van der Waals surface area contributed by atoms with Gasteiger partial charge in [-0.15, -0.1) is 11.3 Å². The van der Waals surface area contributed by atoms with Gasteiger partial charge in [-0.05, 0) is 25.6 Å². The Hall–Kier alpha value is -0.580. The second-order valence-electron chi connectivity index (χ2n) is 3.59. The first-order valence-corrected chi connectivity index (χ1v) is 6.45. The summed E-state index contributed by atoms with van der Waals surface area (Å²) in [6, 6.07) is 4.10. The maximum atomic E-state index is 10.5. The van der Waals surface area contributed by atoms with E-state index in [0.29, 0.717) is 6.54 Å². The summed E-state index contributed by atoms with van der Waals surface area (Å²) in [5.41, 5.74) is 0. The zero-order valence-corrected chi connectivity index (χ0v) is 11.0. The summed E-state index contributed by atoms with van der Waals surface area (Å²) in [6.45, 7) is 5.52. The SMILES string of the molecule is CCN(CCC(=O)O)C(C)c1ccc(Cl)s1. The van der Waals surface area contributed by atoms with Crippen LogP contribution in [-0.4, -0.2) is 29.1 Å². The molecule has 1 unspecified atom stereocenters. The average molecular weight is 262 g/mol. The van der Waals surface area contributed by atoms with Crippen molar-refractivity contribution < 1.29 is 9.90 Å². The van der Waals surface area contributed by atoms with Crippen LogP contribution in [0.5, 0.6) is 0 Å². The van der Waals surface area contributed by atoms with Gasteiger partial charge in [-0.2, -0.15) is 0 Å². The van der Waals surface area contributed by atoms with Gasteiger partial charge in [0.2, 0.25) is 0 Å². The molecule has 16 heavy (non-hydrogen) atoms. The van der Waals surface area contributed by atoms with Crippen molar-refractivity contribution in [3.63, 3.8) is 0 Å². The standard InChI is InChI=1S/C11H16ClNO2S/c1-3-13(7-6-11(14)15)8(2)9-4-5-10(12)16-9/h4-5,8H,3,6-7H2,1-2H3,(H,14,15). The van der Waals surface area contributed by atoms with E-state index < -0.39 is 5.97 Å². The van der Waals surface area contributed by atoms with Gasteiger partial charge in [0.25, 0.3) is 0 Å². The number of nitrogens with zero attached hydrogens (tertiary/aromatic N) is 1. The Morgan fingerprint density at radius 2 is 2.31 bits per heavy atom. The Kier molecular flexibility index (Phi) is 5.25. The molecule has 0 fully saturated rings.